The minimum atomic E-state index is -0.839. The van der Waals surface area contributed by atoms with Crippen molar-refractivity contribution in [2.75, 3.05) is 6.54 Å². The van der Waals surface area contributed by atoms with Crippen LogP contribution in [0, 0.1) is 17.0 Å². The minimum Gasteiger partial charge on any atom is -0.507 e. The Morgan fingerprint density at radius 3 is 2.54 bits per heavy atom. The second kappa shape index (κ2) is 10.9. The largest absolute Gasteiger partial charge is 0.507 e. The summed E-state index contributed by atoms with van der Waals surface area (Å²) in [4.78, 5) is 28.3. The number of benzene rings is 3. The topological polar surface area (TPSA) is 96.3 Å². The molecule has 0 saturated carbocycles. The molecule has 0 saturated heterocycles. The third-order valence-electron chi connectivity index (χ3n) is 6.90. The first-order chi connectivity index (χ1) is 19.5. The summed E-state index contributed by atoms with van der Waals surface area (Å²) in [6.45, 7) is 4.34. The molecule has 5 aromatic rings. The lowest BCUT2D eigenvalue weighted by molar-refractivity contribution is 0.0933. The third-order valence-corrected chi connectivity index (χ3v) is 6.90. The number of aromatic amines is 1. The lowest BCUT2D eigenvalue weighted by atomic mass is 9.84. The Labute approximate surface area is 235 Å². The summed E-state index contributed by atoms with van der Waals surface area (Å²) < 4.78 is 35.5. The van der Waals surface area contributed by atoms with E-state index in [0.29, 0.717) is 40.7 Å². The molecule has 5 rings (SSSR count). The van der Waals surface area contributed by atoms with Crippen LogP contribution in [0.1, 0.15) is 29.8 Å². The van der Waals surface area contributed by atoms with Gasteiger partial charge in [-0.25, -0.2) is 8.78 Å². The summed E-state index contributed by atoms with van der Waals surface area (Å²) in [5.41, 5.74) is 2.24. The Morgan fingerprint density at radius 2 is 1.78 bits per heavy atom. The molecular formula is C32H29F2N3O4. The van der Waals surface area contributed by atoms with Gasteiger partial charge in [0, 0.05) is 48.6 Å². The van der Waals surface area contributed by atoms with Crippen molar-refractivity contribution in [3.05, 3.63) is 112 Å². The van der Waals surface area contributed by atoms with Crippen LogP contribution in [0.3, 0.4) is 0 Å². The Kier molecular flexibility index (Phi) is 7.36. The molecule has 41 heavy (non-hydrogen) atoms. The van der Waals surface area contributed by atoms with Crippen LogP contribution in [0.5, 0.6) is 17.2 Å². The number of fused-ring (bicyclic) bond motifs is 1. The number of hydrogen-bond acceptors (Lipinski definition) is 4. The van der Waals surface area contributed by atoms with E-state index in [-0.39, 0.29) is 28.5 Å². The summed E-state index contributed by atoms with van der Waals surface area (Å²) >= 11 is 0. The lowest BCUT2D eigenvalue weighted by Gasteiger charge is -2.26. The fraction of sp³-hybridized carbons (Fsp3) is 0.188. The van der Waals surface area contributed by atoms with Crippen molar-refractivity contribution in [2.45, 2.75) is 20.3 Å². The number of aromatic hydroxyl groups is 1. The molecule has 0 bridgehead atoms. The number of aromatic nitrogens is 2. The molecule has 0 aliphatic carbocycles. The standard InChI is InChI=1S/C32H29F2N3O4/c1-32(2,18-36-30(39)22-6-4-5-7-26(22)38)16-19-8-10-27(41-28-11-9-20(33)15-25(28)34)23(14-19)24-17-37(3)31(40)29-21(24)12-13-35-29/h4-15,17,35,38H,16,18H2,1-3H3,(H,36,39). The van der Waals surface area contributed by atoms with Crippen LogP contribution >= 0.6 is 0 Å². The van der Waals surface area contributed by atoms with Crippen molar-refractivity contribution < 1.29 is 23.4 Å². The summed E-state index contributed by atoms with van der Waals surface area (Å²) in [6, 6.07) is 16.7. The van der Waals surface area contributed by atoms with E-state index in [4.69, 9.17) is 4.74 Å². The molecule has 3 aromatic carbocycles. The van der Waals surface area contributed by atoms with Crippen LogP contribution in [0.25, 0.3) is 22.0 Å². The number of pyridine rings is 1. The Bertz CT molecular complexity index is 1820. The average Bonchev–Trinajstić information content (AvgIpc) is 3.42. The highest BCUT2D eigenvalue weighted by Gasteiger charge is 2.23. The molecule has 0 aliphatic rings. The number of phenolic OH excluding ortho intramolecular Hbond substituents is 1. The number of amides is 1. The second-order valence-electron chi connectivity index (χ2n) is 10.8. The maximum Gasteiger partial charge on any atom is 0.274 e. The molecule has 9 heteroatoms. The molecule has 2 aromatic heterocycles. The fourth-order valence-electron chi connectivity index (χ4n) is 4.84. The number of ether oxygens (including phenoxy) is 1. The maximum atomic E-state index is 14.5. The van der Waals surface area contributed by atoms with E-state index in [9.17, 15) is 23.5 Å². The number of halogens is 2. The van der Waals surface area contributed by atoms with Gasteiger partial charge in [0.05, 0.1) is 5.56 Å². The van der Waals surface area contributed by atoms with E-state index in [1.165, 1.54) is 16.7 Å². The van der Waals surface area contributed by atoms with E-state index in [0.717, 1.165) is 17.7 Å². The average molecular weight is 558 g/mol. The number of nitrogens with zero attached hydrogens (tertiary/aromatic N) is 1. The van der Waals surface area contributed by atoms with Crippen molar-refractivity contribution in [1.82, 2.24) is 14.9 Å². The van der Waals surface area contributed by atoms with Gasteiger partial charge in [-0.2, -0.15) is 0 Å². The first-order valence-corrected chi connectivity index (χ1v) is 13.0. The van der Waals surface area contributed by atoms with E-state index in [1.54, 1.807) is 49.8 Å². The predicted molar refractivity (Wildman–Crippen MR) is 153 cm³/mol. The van der Waals surface area contributed by atoms with Gasteiger partial charge in [-0.05, 0) is 59.9 Å². The van der Waals surface area contributed by atoms with Gasteiger partial charge in [0.1, 0.15) is 22.8 Å². The number of carbonyl (C=O) groups is 1. The number of phenols is 1. The van der Waals surface area contributed by atoms with Crippen LogP contribution in [0.2, 0.25) is 0 Å². The molecule has 0 atom stereocenters. The minimum absolute atomic E-state index is 0.0889. The fourth-order valence-corrected chi connectivity index (χ4v) is 4.84. The summed E-state index contributed by atoms with van der Waals surface area (Å²) in [6.07, 6.45) is 3.92. The van der Waals surface area contributed by atoms with Crippen molar-refractivity contribution in [1.29, 1.82) is 0 Å². The second-order valence-corrected chi connectivity index (χ2v) is 10.8. The van der Waals surface area contributed by atoms with Crippen LogP contribution < -0.4 is 15.6 Å². The highest BCUT2D eigenvalue weighted by Crippen LogP contribution is 2.39. The molecule has 2 heterocycles. The van der Waals surface area contributed by atoms with Gasteiger partial charge < -0.3 is 24.7 Å². The van der Waals surface area contributed by atoms with Crippen LogP contribution in [0.15, 0.2) is 83.9 Å². The van der Waals surface area contributed by atoms with Gasteiger partial charge in [-0.15, -0.1) is 0 Å². The van der Waals surface area contributed by atoms with E-state index >= 15 is 0 Å². The Morgan fingerprint density at radius 1 is 1.02 bits per heavy atom. The van der Waals surface area contributed by atoms with Gasteiger partial charge >= 0.3 is 0 Å². The zero-order chi connectivity index (χ0) is 29.3. The number of nitrogens with one attached hydrogen (secondary N) is 2. The van der Waals surface area contributed by atoms with Crippen LogP contribution in [-0.2, 0) is 13.5 Å². The SMILES string of the molecule is Cn1cc(-c2cc(CC(C)(C)CNC(=O)c3ccccc3O)ccc2Oc2ccc(F)cc2F)c2cc[nH]c2c1=O. The zero-order valence-corrected chi connectivity index (χ0v) is 22.8. The number of hydrogen-bond donors (Lipinski definition) is 3. The molecule has 0 aliphatic heterocycles. The molecule has 0 radical (unpaired) electrons. The van der Waals surface area contributed by atoms with Gasteiger partial charge in [0.15, 0.2) is 11.6 Å². The summed E-state index contributed by atoms with van der Waals surface area (Å²) in [5, 5.41) is 13.6. The van der Waals surface area contributed by atoms with Gasteiger partial charge in [-0.3, -0.25) is 9.59 Å². The number of para-hydroxylation sites is 1. The highest BCUT2D eigenvalue weighted by atomic mass is 19.1. The molecule has 210 valence electrons. The predicted octanol–water partition coefficient (Wildman–Crippen LogP) is 6.31. The van der Waals surface area contributed by atoms with Crippen molar-refractivity contribution in [3.63, 3.8) is 0 Å². The maximum absolute atomic E-state index is 14.5. The molecule has 0 spiro atoms. The van der Waals surface area contributed by atoms with E-state index in [2.05, 4.69) is 10.3 Å². The molecule has 0 fully saturated rings. The smallest absolute Gasteiger partial charge is 0.274 e. The van der Waals surface area contributed by atoms with Crippen LogP contribution in [0.4, 0.5) is 8.78 Å². The quantitative estimate of drug-likeness (QED) is 0.208. The van der Waals surface area contributed by atoms with Gasteiger partial charge in [0.25, 0.3) is 11.5 Å². The first-order valence-electron chi connectivity index (χ1n) is 13.0. The number of rotatable bonds is 8. The zero-order valence-electron chi connectivity index (χ0n) is 22.8. The summed E-state index contributed by atoms with van der Waals surface area (Å²) in [7, 11) is 1.65. The number of aryl methyl sites for hydroxylation is 1. The first kappa shape index (κ1) is 27.6. The van der Waals surface area contributed by atoms with Gasteiger partial charge in [-0.1, -0.05) is 32.0 Å². The van der Waals surface area contributed by atoms with Crippen molar-refractivity contribution >= 4 is 16.8 Å². The van der Waals surface area contributed by atoms with Crippen molar-refractivity contribution in [2.24, 2.45) is 12.5 Å². The molecule has 7 nitrogen and oxygen atoms in total. The molecule has 1 amide bonds. The monoisotopic (exact) mass is 557 g/mol. The van der Waals surface area contributed by atoms with Crippen LogP contribution in [-0.4, -0.2) is 27.1 Å². The Hall–Kier alpha value is -4.92. The Balaban J connectivity index is 1.50. The number of carbonyl (C=O) groups excluding carboxylic acids is 1. The molecule has 3 N–H and O–H groups in total. The lowest BCUT2D eigenvalue weighted by Crippen LogP contribution is -2.35. The number of H-pyrrole nitrogens is 1. The van der Waals surface area contributed by atoms with Gasteiger partial charge in [0.2, 0.25) is 0 Å². The molecule has 0 unspecified atom stereocenters. The normalized spacial score (nSPS) is 11.5. The van der Waals surface area contributed by atoms with E-state index in [1.807, 2.05) is 26.0 Å². The van der Waals surface area contributed by atoms with Crippen molar-refractivity contribution in [3.8, 4) is 28.4 Å². The highest BCUT2D eigenvalue weighted by molar-refractivity contribution is 5.97. The molecular weight excluding hydrogens is 528 g/mol. The third kappa shape index (κ3) is 5.84. The summed E-state index contributed by atoms with van der Waals surface area (Å²) in [5.74, 6) is -1.83. The van der Waals surface area contributed by atoms with E-state index < -0.39 is 17.0 Å².